The largest absolute Gasteiger partial charge is 0.457 e. The van der Waals surface area contributed by atoms with Gasteiger partial charge in [0.05, 0.1) is 0 Å². The molecule has 0 amide bonds. The molecule has 0 saturated carbocycles. The van der Waals surface area contributed by atoms with Crippen molar-refractivity contribution >= 4 is 17.5 Å². The summed E-state index contributed by atoms with van der Waals surface area (Å²) in [5, 5.41) is 0. The van der Waals surface area contributed by atoms with Gasteiger partial charge in [0, 0.05) is 11.3 Å². The zero-order valence-electron chi connectivity index (χ0n) is 14.1. The number of rotatable bonds is 4. The number of nitrogen functional groups attached to an aromatic ring is 1. The molecule has 1 aliphatic heterocycles. The molecule has 23 heavy (non-hydrogen) atoms. The van der Waals surface area contributed by atoms with Crippen LogP contribution in [0.3, 0.4) is 0 Å². The molecular formula is C21H27NO. The Morgan fingerprint density at radius 2 is 2.17 bits per heavy atom. The summed E-state index contributed by atoms with van der Waals surface area (Å²) in [4.78, 5) is 0. The molecule has 1 aromatic rings. The number of nitrogens with two attached hydrogens (primary N) is 1. The van der Waals surface area contributed by atoms with Crippen LogP contribution in [0.5, 0.6) is 0 Å². The molecule has 3 rings (SSSR count). The van der Waals surface area contributed by atoms with E-state index in [0.717, 1.165) is 29.0 Å². The molecule has 2 aliphatic rings. The average Bonchev–Trinajstić information content (AvgIpc) is 2.79. The molecule has 0 fully saturated rings. The van der Waals surface area contributed by atoms with Crippen LogP contribution in [0.2, 0.25) is 0 Å². The van der Waals surface area contributed by atoms with Crippen molar-refractivity contribution in [1.29, 1.82) is 0 Å². The second kappa shape index (κ2) is 7.08. The number of fused-ring (bicyclic) bond motifs is 1. The highest BCUT2D eigenvalue weighted by atomic mass is 16.5. The topological polar surface area (TPSA) is 35.2 Å². The maximum atomic E-state index is 6.12. The van der Waals surface area contributed by atoms with E-state index in [1.165, 1.54) is 44.1 Å². The van der Waals surface area contributed by atoms with Crippen LogP contribution in [0.25, 0.3) is 11.8 Å². The maximum Gasteiger partial charge on any atom is 0.131 e. The molecule has 2 N–H and O–H groups in total. The highest BCUT2D eigenvalue weighted by Gasteiger charge is 2.24. The van der Waals surface area contributed by atoms with E-state index in [2.05, 4.69) is 31.7 Å². The summed E-state index contributed by atoms with van der Waals surface area (Å²) in [6.45, 7) is 6.37. The zero-order chi connectivity index (χ0) is 16.2. The first kappa shape index (κ1) is 15.9. The molecule has 122 valence electrons. The second-order valence-electron chi connectivity index (χ2n) is 6.66. The van der Waals surface area contributed by atoms with Gasteiger partial charge in [0.15, 0.2) is 0 Å². The lowest BCUT2D eigenvalue weighted by Gasteiger charge is -2.26. The first-order valence-electron chi connectivity index (χ1n) is 8.88. The minimum absolute atomic E-state index is 0.617. The fourth-order valence-electron chi connectivity index (χ4n) is 3.61. The third-order valence-electron chi connectivity index (χ3n) is 4.90. The van der Waals surface area contributed by atoms with E-state index < -0.39 is 0 Å². The highest BCUT2D eigenvalue weighted by Crippen LogP contribution is 2.39. The summed E-state index contributed by atoms with van der Waals surface area (Å²) in [6.07, 6.45) is 13.4. The summed E-state index contributed by atoms with van der Waals surface area (Å²) >= 11 is 0. The normalized spacial score (nSPS) is 20.9. The molecule has 1 atom stereocenters. The van der Waals surface area contributed by atoms with Crippen LogP contribution in [0.15, 0.2) is 42.2 Å². The number of hydrogen-bond donors (Lipinski definition) is 1. The molecule has 1 heterocycles. The van der Waals surface area contributed by atoms with Gasteiger partial charge in [0.1, 0.15) is 11.5 Å². The molecule has 0 saturated heterocycles. The monoisotopic (exact) mass is 309 g/mol. The van der Waals surface area contributed by atoms with Gasteiger partial charge in [-0.25, -0.2) is 0 Å². The number of allylic oxidation sites excluding steroid dienone is 2. The van der Waals surface area contributed by atoms with E-state index in [1.54, 1.807) is 0 Å². The summed E-state index contributed by atoms with van der Waals surface area (Å²) < 4.78 is 6.12. The highest BCUT2D eigenvalue weighted by molar-refractivity contribution is 5.78. The van der Waals surface area contributed by atoms with Crippen molar-refractivity contribution in [3.05, 3.63) is 53.3 Å². The number of unbranched alkanes of at least 4 members (excludes halogenated alkanes) is 1. The number of hydrogen-bond acceptors (Lipinski definition) is 2. The molecule has 0 spiro atoms. The van der Waals surface area contributed by atoms with Crippen LogP contribution < -0.4 is 5.73 Å². The maximum absolute atomic E-state index is 6.12. The van der Waals surface area contributed by atoms with Crippen LogP contribution >= 0.6 is 0 Å². The smallest absolute Gasteiger partial charge is 0.131 e. The van der Waals surface area contributed by atoms with Crippen molar-refractivity contribution in [3.8, 4) is 0 Å². The van der Waals surface area contributed by atoms with E-state index in [9.17, 15) is 0 Å². The number of ether oxygens (including phenoxy) is 1. The Balaban J connectivity index is 1.94. The lowest BCUT2D eigenvalue weighted by molar-refractivity contribution is 0.369. The first-order valence-corrected chi connectivity index (χ1v) is 8.88. The third-order valence-corrected chi connectivity index (χ3v) is 4.90. The Morgan fingerprint density at radius 1 is 1.30 bits per heavy atom. The fraction of sp³-hybridized carbons (Fsp3) is 0.429. The lowest BCUT2D eigenvalue weighted by Crippen LogP contribution is -2.11. The van der Waals surface area contributed by atoms with Gasteiger partial charge in [0.2, 0.25) is 0 Å². The van der Waals surface area contributed by atoms with Gasteiger partial charge < -0.3 is 10.5 Å². The SMILES string of the molecule is C=C1OC(C2=CCCCCC2CCCC)=Cc2ccc(N)cc21. The second-order valence-corrected chi connectivity index (χ2v) is 6.66. The van der Waals surface area contributed by atoms with Gasteiger partial charge in [-0.3, -0.25) is 0 Å². The van der Waals surface area contributed by atoms with Crippen molar-refractivity contribution in [1.82, 2.24) is 0 Å². The van der Waals surface area contributed by atoms with Crippen molar-refractivity contribution in [2.24, 2.45) is 5.92 Å². The van der Waals surface area contributed by atoms with Gasteiger partial charge in [-0.05, 0) is 60.9 Å². The van der Waals surface area contributed by atoms with Crippen LogP contribution in [0, 0.1) is 5.92 Å². The van der Waals surface area contributed by atoms with Crippen LogP contribution in [0.1, 0.15) is 63.0 Å². The Bertz CT molecular complexity index is 654. The van der Waals surface area contributed by atoms with Crippen LogP contribution in [-0.2, 0) is 4.74 Å². The molecule has 0 radical (unpaired) electrons. The van der Waals surface area contributed by atoms with Gasteiger partial charge in [-0.15, -0.1) is 0 Å². The van der Waals surface area contributed by atoms with Gasteiger partial charge in [-0.1, -0.05) is 44.9 Å². The predicted octanol–water partition coefficient (Wildman–Crippen LogP) is 5.92. The van der Waals surface area contributed by atoms with E-state index >= 15 is 0 Å². The Morgan fingerprint density at radius 3 is 3.00 bits per heavy atom. The van der Waals surface area contributed by atoms with E-state index in [-0.39, 0.29) is 0 Å². The van der Waals surface area contributed by atoms with E-state index in [1.807, 2.05) is 12.1 Å². The quantitative estimate of drug-likeness (QED) is 0.701. The molecular weight excluding hydrogens is 282 g/mol. The van der Waals surface area contributed by atoms with E-state index in [4.69, 9.17) is 10.5 Å². The number of anilines is 1. The Kier molecular flexibility index (Phi) is 4.90. The molecule has 1 aromatic carbocycles. The van der Waals surface area contributed by atoms with Crippen LogP contribution in [-0.4, -0.2) is 0 Å². The first-order chi connectivity index (χ1) is 11.2. The molecule has 2 heteroatoms. The predicted molar refractivity (Wildman–Crippen MR) is 98.5 cm³/mol. The Labute approximate surface area is 139 Å². The minimum atomic E-state index is 0.617. The van der Waals surface area contributed by atoms with Crippen LogP contribution in [0.4, 0.5) is 5.69 Å². The average molecular weight is 309 g/mol. The minimum Gasteiger partial charge on any atom is -0.457 e. The van der Waals surface area contributed by atoms with Gasteiger partial charge in [-0.2, -0.15) is 0 Å². The van der Waals surface area contributed by atoms with Crippen molar-refractivity contribution in [2.45, 2.75) is 51.9 Å². The summed E-state index contributed by atoms with van der Waals surface area (Å²) in [7, 11) is 0. The molecule has 1 aliphatic carbocycles. The summed E-state index contributed by atoms with van der Waals surface area (Å²) in [6, 6.07) is 5.96. The lowest BCUT2D eigenvalue weighted by atomic mass is 9.87. The summed E-state index contributed by atoms with van der Waals surface area (Å²) in [5.41, 5.74) is 10.2. The van der Waals surface area contributed by atoms with Gasteiger partial charge >= 0.3 is 0 Å². The fourth-order valence-corrected chi connectivity index (χ4v) is 3.61. The van der Waals surface area contributed by atoms with E-state index in [0.29, 0.717) is 11.7 Å². The zero-order valence-corrected chi connectivity index (χ0v) is 14.1. The molecule has 0 bridgehead atoms. The van der Waals surface area contributed by atoms with Crippen molar-refractivity contribution in [2.75, 3.05) is 5.73 Å². The molecule has 0 aromatic heterocycles. The van der Waals surface area contributed by atoms with Crippen molar-refractivity contribution < 1.29 is 4.74 Å². The standard InChI is InChI=1S/C21H27NO/c1-3-4-8-16-9-6-5-7-10-19(16)21-13-17-11-12-18(22)14-20(17)15(2)23-21/h10-14,16H,2-9,22H2,1H3. The van der Waals surface area contributed by atoms with Gasteiger partial charge in [0.25, 0.3) is 0 Å². The molecule has 1 unspecified atom stereocenters. The summed E-state index contributed by atoms with van der Waals surface area (Å²) in [5.74, 6) is 2.33. The number of benzene rings is 1. The van der Waals surface area contributed by atoms with Crippen molar-refractivity contribution in [3.63, 3.8) is 0 Å². The third kappa shape index (κ3) is 3.52. The Hall–Kier alpha value is -1.96. The molecule has 2 nitrogen and oxygen atoms in total.